The van der Waals surface area contributed by atoms with E-state index in [0.29, 0.717) is 0 Å². The summed E-state index contributed by atoms with van der Waals surface area (Å²) >= 11 is 0. The number of carbonyl (C=O) groups excluding carboxylic acids is 1. The fourth-order valence-corrected chi connectivity index (χ4v) is 0.477. The topological polar surface area (TPSA) is 91.9 Å². The zero-order chi connectivity index (χ0) is 9.07. The van der Waals surface area contributed by atoms with Gasteiger partial charge in [0.1, 0.15) is 0 Å². The molecule has 5 heteroatoms. The summed E-state index contributed by atoms with van der Waals surface area (Å²) in [5, 5.41) is 2.91. The minimum atomic E-state index is -0.724. The van der Waals surface area contributed by atoms with Crippen LogP contribution in [0.1, 0.15) is 20.8 Å². The molecule has 1 atom stereocenters. The summed E-state index contributed by atoms with van der Waals surface area (Å²) in [5.41, 5.74) is 13.0. The average Bonchev–Trinajstić information content (AvgIpc) is 1.85. The third-order valence-corrected chi connectivity index (χ3v) is 1.34. The van der Waals surface area contributed by atoms with E-state index in [0.717, 1.165) is 0 Å². The van der Waals surface area contributed by atoms with Gasteiger partial charge in [-0.2, -0.15) is 0 Å². The van der Waals surface area contributed by atoms with Crippen molar-refractivity contribution in [3.8, 4) is 0 Å². The molecule has 0 fully saturated rings. The van der Waals surface area contributed by atoms with Gasteiger partial charge in [-0.3, -0.25) is 4.79 Å². The highest BCUT2D eigenvalue weighted by atomic mass is 16.2. The number of nitrogens with two attached hydrogens (primary N) is 1. The molecule has 0 aromatic heterocycles. The van der Waals surface area contributed by atoms with Gasteiger partial charge in [0.15, 0.2) is 0 Å². The van der Waals surface area contributed by atoms with Gasteiger partial charge >= 0.3 is 0 Å². The van der Waals surface area contributed by atoms with Crippen molar-refractivity contribution < 1.29 is 4.79 Å². The van der Waals surface area contributed by atoms with Gasteiger partial charge in [0, 0.05) is 4.91 Å². The zero-order valence-electron chi connectivity index (χ0n) is 6.90. The van der Waals surface area contributed by atoms with E-state index in [1.807, 2.05) is 20.8 Å². The molecule has 0 saturated carbocycles. The molecular weight excluding hydrogens is 144 g/mol. The molecule has 0 aliphatic heterocycles. The van der Waals surface area contributed by atoms with Gasteiger partial charge in [-0.15, -0.1) is 0 Å². The molecule has 0 radical (unpaired) electrons. The standard InChI is InChI=1S/C6H12N4O/c1-6(2,3)4(7)5(11)9-10-8/h4H,7H2,1-3H3/t4-/m1/s1. The first-order valence-corrected chi connectivity index (χ1v) is 3.24. The third-order valence-electron chi connectivity index (χ3n) is 1.34. The number of azide groups is 1. The predicted molar refractivity (Wildman–Crippen MR) is 41.6 cm³/mol. The van der Waals surface area contributed by atoms with Crippen molar-refractivity contribution in [2.24, 2.45) is 16.3 Å². The lowest BCUT2D eigenvalue weighted by Crippen LogP contribution is -2.41. The largest absolute Gasteiger partial charge is 0.321 e. The molecule has 11 heavy (non-hydrogen) atoms. The van der Waals surface area contributed by atoms with E-state index in [1.54, 1.807) is 0 Å². The highest BCUT2D eigenvalue weighted by Crippen LogP contribution is 2.17. The van der Waals surface area contributed by atoms with Crippen molar-refractivity contribution in [2.75, 3.05) is 0 Å². The molecule has 0 saturated heterocycles. The van der Waals surface area contributed by atoms with Gasteiger partial charge in [-0.05, 0) is 16.1 Å². The van der Waals surface area contributed by atoms with Crippen LogP contribution >= 0.6 is 0 Å². The summed E-state index contributed by atoms with van der Waals surface area (Å²) in [5.74, 6) is -0.611. The molecule has 0 aromatic rings. The van der Waals surface area contributed by atoms with Crippen molar-refractivity contribution in [3.05, 3.63) is 10.4 Å². The van der Waals surface area contributed by atoms with E-state index < -0.39 is 11.9 Å². The van der Waals surface area contributed by atoms with Crippen LogP contribution in [-0.2, 0) is 4.79 Å². The minimum absolute atomic E-state index is 0.356. The van der Waals surface area contributed by atoms with E-state index in [1.165, 1.54) is 0 Å². The lowest BCUT2D eigenvalue weighted by Gasteiger charge is -2.23. The van der Waals surface area contributed by atoms with E-state index >= 15 is 0 Å². The monoisotopic (exact) mass is 156 g/mol. The first kappa shape index (κ1) is 9.94. The maximum Gasteiger partial charge on any atom is 0.236 e. The Hall–Kier alpha value is -1.06. The Morgan fingerprint density at radius 1 is 1.64 bits per heavy atom. The molecule has 0 aliphatic rings. The van der Waals surface area contributed by atoms with Crippen LogP contribution in [0.3, 0.4) is 0 Å². The average molecular weight is 156 g/mol. The maximum absolute atomic E-state index is 10.8. The number of carbonyl (C=O) groups is 1. The van der Waals surface area contributed by atoms with Crippen LogP contribution in [0.4, 0.5) is 0 Å². The minimum Gasteiger partial charge on any atom is -0.321 e. The second kappa shape index (κ2) is 3.37. The Morgan fingerprint density at radius 2 is 2.09 bits per heavy atom. The molecule has 0 bridgehead atoms. The second-order valence-corrected chi connectivity index (χ2v) is 3.37. The molecule has 62 valence electrons. The molecule has 0 unspecified atom stereocenters. The molecule has 1 amide bonds. The fraction of sp³-hybridized carbons (Fsp3) is 0.833. The Morgan fingerprint density at radius 3 is 2.36 bits per heavy atom. The number of hydrogen-bond donors (Lipinski definition) is 1. The van der Waals surface area contributed by atoms with Gasteiger partial charge in [-0.25, -0.2) is 0 Å². The van der Waals surface area contributed by atoms with Crippen LogP contribution in [0.25, 0.3) is 10.4 Å². The number of amides is 1. The van der Waals surface area contributed by atoms with Crippen LogP contribution in [0.5, 0.6) is 0 Å². The Kier molecular flexibility index (Phi) is 3.04. The van der Waals surface area contributed by atoms with Crippen LogP contribution < -0.4 is 5.73 Å². The van der Waals surface area contributed by atoms with Crippen molar-refractivity contribution in [1.82, 2.24) is 0 Å². The van der Waals surface area contributed by atoms with Crippen molar-refractivity contribution in [3.63, 3.8) is 0 Å². The van der Waals surface area contributed by atoms with Gasteiger partial charge in [0.05, 0.1) is 6.04 Å². The Labute approximate surface area is 65.2 Å². The summed E-state index contributed by atoms with van der Waals surface area (Å²) in [4.78, 5) is 13.2. The van der Waals surface area contributed by atoms with E-state index in [2.05, 4.69) is 10.0 Å². The summed E-state index contributed by atoms with van der Waals surface area (Å²) in [6, 6.07) is -0.724. The third kappa shape index (κ3) is 3.02. The Bertz CT molecular complexity index is 199. The number of nitrogens with zero attached hydrogens (tertiary/aromatic N) is 3. The van der Waals surface area contributed by atoms with Crippen LogP contribution in [0, 0.1) is 5.41 Å². The summed E-state index contributed by atoms with van der Waals surface area (Å²) in [6.45, 7) is 5.42. The Balaban J connectivity index is 4.37. The summed E-state index contributed by atoms with van der Waals surface area (Å²) in [6.07, 6.45) is 0. The van der Waals surface area contributed by atoms with Gasteiger partial charge < -0.3 is 5.73 Å². The molecule has 0 heterocycles. The molecule has 0 rings (SSSR count). The number of hydrogen-bond acceptors (Lipinski definition) is 2. The molecular formula is C6H12N4O. The van der Waals surface area contributed by atoms with E-state index in [9.17, 15) is 4.79 Å². The van der Waals surface area contributed by atoms with E-state index in [-0.39, 0.29) is 5.41 Å². The SMILES string of the molecule is CC(C)(C)[C@H](N)C(=O)N=[N+]=[N-]. The van der Waals surface area contributed by atoms with Crippen molar-refractivity contribution in [2.45, 2.75) is 26.8 Å². The quantitative estimate of drug-likeness (QED) is 0.351. The predicted octanol–water partition coefficient (Wildman–Crippen LogP) is 1.20. The second-order valence-electron chi connectivity index (χ2n) is 3.37. The first-order valence-electron chi connectivity index (χ1n) is 3.24. The molecule has 0 aromatic carbocycles. The molecule has 0 aliphatic carbocycles. The number of rotatable bonds is 1. The van der Waals surface area contributed by atoms with Gasteiger partial charge in [0.25, 0.3) is 0 Å². The first-order chi connectivity index (χ1) is 4.89. The molecule has 5 nitrogen and oxygen atoms in total. The molecule has 0 spiro atoms. The normalized spacial score (nSPS) is 13.5. The molecule has 2 N–H and O–H groups in total. The highest BCUT2D eigenvalue weighted by molar-refractivity contribution is 5.82. The van der Waals surface area contributed by atoms with Gasteiger partial charge in [0.2, 0.25) is 5.91 Å². The summed E-state index contributed by atoms with van der Waals surface area (Å²) in [7, 11) is 0. The highest BCUT2D eigenvalue weighted by Gasteiger charge is 2.26. The van der Waals surface area contributed by atoms with Crippen LogP contribution in [-0.4, -0.2) is 11.9 Å². The maximum atomic E-state index is 10.8. The van der Waals surface area contributed by atoms with Gasteiger partial charge in [-0.1, -0.05) is 20.8 Å². The summed E-state index contributed by atoms with van der Waals surface area (Å²) < 4.78 is 0. The smallest absolute Gasteiger partial charge is 0.236 e. The fourth-order valence-electron chi connectivity index (χ4n) is 0.477. The lowest BCUT2D eigenvalue weighted by molar-refractivity contribution is -0.121. The van der Waals surface area contributed by atoms with Crippen LogP contribution in [0.2, 0.25) is 0 Å². The lowest BCUT2D eigenvalue weighted by atomic mass is 9.87. The van der Waals surface area contributed by atoms with Crippen molar-refractivity contribution in [1.29, 1.82) is 0 Å². The zero-order valence-corrected chi connectivity index (χ0v) is 6.90. The van der Waals surface area contributed by atoms with Crippen LogP contribution in [0.15, 0.2) is 5.11 Å². The van der Waals surface area contributed by atoms with Crippen molar-refractivity contribution >= 4 is 5.91 Å². The van der Waals surface area contributed by atoms with E-state index in [4.69, 9.17) is 11.3 Å².